The normalized spacial score (nSPS) is 11.4. The van der Waals surface area contributed by atoms with E-state index in [0.29, 0.717) is 0 Å². The number of rotatable bonds is 2. The van der Waals surface area contributed by atoms with Gasteiger partial charge in [0, 0.05) is 21.9 Å². The molecule has 2 nitrogen and oxygen atoms in total. The van der Waals surface area contributed by atoms with Crippen LogP contribution < -0.4 is 0 Å². The number of benzene rings is 4. The quantitative estimate of drug-likeness (QED) is 0.295. The Kier molecular flexibility index (Phi) is 3.50. The highest BCUT2D eigenvalue weighted by Crippen LogP contribution is 2.38. The topological polar surface area (TPSA) is 26.0 Å². The number of furan rings is 1. The molecular formula is C27H17NO. The van der Waals surface area contributed by atoms with Crippen LogP contribution in [0.1, 0.15) is 0 Å². The maximum atomic E-state index is 6.27. The van der Waals surface area contributed by atoms with E-state index in [1.165, 1.54) is 10.8 Å². The second kappa shape index (κ2) is 6.32. The van der Waals surface area contributed by atoms with E-state index >= 15 is 0 Å². The standard InChI is InChI=1S/C27H17NO/c1-2-9-19(10-3-1)24-17-22(26-16-20-11-5-7-13-25(20)29-26)27-21-12-6-4-8-18(21)14-15-23(27)28-24/h1-17H. The van der Waals surface area contributed by atoms with Gasteiger partial charge in [0.15, 0.2) is 0 Å². The second-order valence-corrected chi connectivity index (χ2v) is 7.25. The van der Waals surface area contributed by atoms with E-state index in [4.69, 9.17) is 9.40 Å². The fourth-order valence-corrected chi connectivity index (χ4v) is 4.07. The highest BCUT2D eigenvalue weighted by Gasteiger charge is 2.15. The molecule has 0 saturated heterocycles. The smallest absolute Gasteiger partial charge is 0.136 e. The van der Waals surface area contributed by atoms with Crippen molar-refractivity contribution in [1.29, 1.82) is 0 Å². The van der Waals surface area contributed by atoms with Crippen molar-refractivity contribution in [2.24, 2.45) is 0 Å². The summed E-state index contributed by atoms with van der Waals surface area (Å²) in [7, 11) is 0. The lowest BCUT2D eigenvalue weighted by Gasteiger charge is -2.11. The highest BCUT2D eigenvalue weighted by atomic mass is 16.3. The van der Waals surface area contributed by atoms with Gasteiger partial charge in [0.2, 0.25) is 0 Å². The zero-order valence-electron chi connectivity index (χ0n) is 15.7. The molecule has 6 aromatic rings. The summed E-state index contributed by atoms with van der Waals surface area (Å²) in [6.07, 6.45) is 0. The molecule has 29 heavy (non-hydrogen) atoms. The van der Waals surface area contributed by atoms with Crippen molar-refractivity contribution in [3.63, 3.8) is 0 Å². The summed E-state index contributed by atoms with van der Waals surface area (Å²) in [6, 6.07) is 35.4. The predicted molar refractivity (Wildman–Crippen MR) is 120 cm³/mol. The maximum Gasteiger partial charge on any atom is 0.136 e. The molecule has 0 aliphatic carbocycles. The molecule has 136 valence electrons. The van der Waals surface area contributed by atoms with Gasteiger partial charge in [0.05, 0.1) is 11.2 Å². The van der Waals surface area contributed by atoms with Crippen LogP contribution in [0.4, 0.5) is 0 Å². The Hall–Kier alpha value is -3.91. The van der Waals surface area contributed by atoms with Gasteiger partial charge in [-0.2, -0.15) is 0 Å². The van der Waals surface area contributed by atoms with Crippen LogP contribution in [0.15, 0.2) is 108 Å². The van der Waals surface area contributed by atoms with Gasteiger partial charge in [0.25, 0.3) is 0 Å². The van der Waals surface area contributed by atoms with Crippen LogP contribution in [0.25, 0.3) is 55.2 Å². The van der Waals surface area contributed by atoms with Crippen molar-refractivity contribution in [2.75, 3.05) is 0 Å². The molecule has 2 aromatic heterocycles. The number of hydrogen-bond donors (Lipinski definition) is 0. The Morgan fingerprint density at radius 3 is 2.24 bits per heavy atom. The predicted octanol–water partition coefficient (Wildman–Crippen LogP) is 7.47. The molecule has 4 aromatic carbocycles. The molecule has 0 saturated carbocycles. The molecule has 0 aliphatic heterocycles. The maximum absolute atomic E-state index is 6.27. The molecule has 0 spiro atoms. The van der Waals surface area contributed by atoms with Gasteiger partial charge in [-0.1, -0.05) is 78.9 Å². The minimum atomic E-state index is 0.868. The van der Waals surface area contributed by atoms with Gasteiger partial charge in [0.1, 0.15) is 11.3 Å². The molecule has 0 fully saturated rings. The van der Waals surface area contributed by atoms with Crippen molar-refractivity contribution in [2.45, 2.75) is 0 Å². The number of aromatic nitrogens is 1. The van der Waals surface area contributed by atoms with Gasteiger partial charge in [-0.25, -0.2) is 4.98 Å². The summed E-state index contributed by atoms with van der Waals surface area (Å²) in [5, 5.41) is 4.62. The van der Waals surface area contributed by atoms with Crippen molar-refractivity contribution in [1.82, 2.24) is 4.98 Å². The summed E-state index contributed by atoms with van der Waals surface area (Å²) in [5.41, 5.74) is 4.99. The molecule has 6 rings (SSSR count). The number of hydrogen-bond acceptors (Lipinski definition) is 2. The average molecular weight is 371 g/mol. The molecule has 0 radical (unpaired) electrons. The molecule has 2 heteroatoms. The lowest BCUT2D eigenvalue weighted by molar-refractivity contribution is 0.632. The number of nitrogens with zero attached hydrogens (tertiary/aromatic N) is 1. The summed E-state index contributed by atoms with van der Waals surface area (Å²) >= 11 is 0. The SMILES string of the molecule is c1ccc(-c2cc(-c3cc4ccccc4o3)c3c(ccc4ccccc43)n2)cc1. The number of pyridine rings is 1. The van der Waals surface area contributed by atoms with Crippen LogP contribution in [-0.2, 0) is 0 Å². The molecule has 2 heterocycles. The Bertz CT molecular complexity index is 1460. The second-order valence-electron chi connectivity index (χ2n) is 7.25. The van der Waals surface area contributed by atoms with Gasteiger partial charge < -0.3 is 4.42 Å². The molecule has 0 unspecified atom stereocenters. The van der Waals surface area contributed by atoms with Crippen LogP contribution in [0.3, 0.4) is 0 Å². The zero-order chi connectivity index (χ0) is 19.2. The van der Waals surface area contributed by atoms with E-state index in [9.17, 15) is 0 Å². The number of fused-ring (bicyclic) bond motifs is 4. The third-order valence-electron chi connectivity index (χ3n) is 5.46. The first-order valence-electron chi connectivity index (χ1n) is 9.74. The Balaban J connectivity index is 1.74. The highest BCUT2D eigenvalue weighted by molar-refractivity contribution is 6.13. The molecular weight excluding hydrogens is 354 g/mol. The van der Waals surface area contributed by atoms with E-state index in [2.05, 4.69) is 66.7 Å². The van der Waals surface area contributed by atoms with Crippen LogP contribution in [0.5, 0.6) is 0 Å². The molecule has 0 atom stereocenters. The number of para-hydroxylation sites is 1. The van der Waals surface area contributed by atoms with Crippen molar-refractivity contribution in [3.8, 4) is 22.6 Å². The molecule has 0 N–H and O–H groups in total. The Morgan fingerprint density at radius 2 is 1.38 bits per heavy atom. The Labute approximate surface area is 168 Å². The first-order chi connectivity index (χ1) is 14.4. The Morgan fingerprint density at radius 1 is 0.621 bits per heavy atom. The van der Waals surface area contributed by atoms with E-state index < -0.39 is 0 Å². The van der Waals surface area contributed by atoms with Crippen LogP contribution in [-0.4, -0.2) is 4.98 Å². The third kappa shape index (κ3) is 2.61. The summed E-state index contributed by atoms with van der Waals surface area (Å²) in [4.78, 5) is 4.99. The monoisotopic (exact) mass is 371 g/mol. The molecule has 0 bridgehead atoms. The molecule has 0 aliphatic rings. The van der Waals surface area contributed by atoms with Gasteiger partial charge in [-0.05, 0) is 35.0 Å². The fourth-order valence-electron chi connectivity index (χ4n) is 4.07. The lowest BCUT2D eigenvalue weighted by Crippen LogP contribution is -1.90. The molecule has 0 amide bonds. The van der Waals surface area contributed by atoms with Gasteiger partial charge in [-0.15, -0.1) is 0 Å². The first kappa shape index (κ1) is 16.1. The average Bonchev–Trinajstić information content (AvgIpc) is 3.23. The van der Waals surface area contributed by atoms with Gasteiger partial charge >= 0.3 is 0 Å². The minimum absolute atomic E-state index is 0.868. The van der Waals surface area contributed by atoms with Crippen molar-refractivity contribution < 1.29 is 4.42 Å². The van der Waals surface area contributed by atoms with Crippen molar-refractivity contribution >= 4 is 32.6 Å². The summed E-state index contributed by atoms with van der Waals surface area (Å²) in [6.45, 7) is 0. The fraction of sp³-hybridized carbons (Fsp3) is 0. The van der Waals surface area contributed by atoms with Crippen molar-refractivity contribution in [3.05, 3.63) is 103 Å². The van der Waals surface area contributed by atoms with Gasteiger partial charge in [-0.3, -0.25) is 0 Å². The van der Waals surface area contributed by atoms with E-state index in [1.54, 1.807) is 0 Å². The van der Waals surface area contributed by atoms with Crippen LogP contribution in [0, 0.1) is 0 Å². The third-order valence-corrected chi connectivity index (χ3v) is 5.46. The van der Waals surface area contributed by atoms with Crippen LogP contribution >= 0.6 is 0 Å². The van der Waals surface area contributed by atoms with Crippen LogP contribution in [0.2, 0.25) is 0 Å². The lowest BCUT2D eigenvalue weighted by atomic mass is 9.97. The first-order valence-corrected chi connectivity index (χ1v) is 9.74. The van der Waals surface area contributed by atoms with E-state index in [1.807, 2.05) is 36.4 Å². The minimum Gasteiger partial charge on any atom is -0.456 e. The largest absolute Gasteiger partial charge is 0.456 e. The summed E-state index contributed by atoms with van der Waals surface area (Å²) < 4.78 is 6.27. The van der Waals surface area contributed by atoms with E-state index in [-0.39, 0.29) is 0 Å². The zero-order valence-corrected chi connectivity index (χ0v) is 15.7. The summed E-state index contributed by atoms with van der Waals surface area (Å²) in [5.74, 6) is 0.868. The van der Waals surface area contributed by atoms with E-state index in [0.717, 1.165) is 44.5 Å².